The Kier molecular flexibility index (Phi) is 5.68. The molecule has 0 unspecified atom stereocenters. The molecule has 5 nitrogen and oxygen atoms in total. The Labute approximate surface area is 148 Å². The summed E-state index contributed by atoms with van der Waals surface area (Å²) in [6, 6.07) is 6.85. The van der Waals surface area contributed by atoms with Crippen LogP contribution in [0.3, 0.4) is 0 Å². The summed E-state index contributed by atoms with van der Waals surface area (Å²) in [6.07, 6.45) is 2.96. The lowest BCUT2D eigenvalue weighted by Gasteiger charge is -2.36. The van der Waals surface area contributed by atoms with Crippen molar-refractivity contribution in [2.24, 2.45) is 17.6 Å². The number of nitrogens with two attached hydrogens (primary N) is 1. The van der Waals surface area contributed by atoms with Gasteiger partial charge in [-0.25, -0.2) is 4.39 Å². The van der Waals surface area contributed by atoms with Crippen LogP contribution in [0.5, 0.6) is 0 Å². The average Bonchev–Trinajstić information content (AvgIpc) is 2.64. The predicted octanol–water partition coefficient (Wildman–Crippen LogP) is 1.76. The van der Waals surface area contributed by atoms with E-state index in [0.29, 0.717) is 38.0 Å². The van der Waals surface area contributed by atoms with Crippen LogP contribution >= 0.6 is 0 Å². The van der Waals surface area contributed by atoms with Crippen molar-refractivity contribution in [3.63, 3.8) is 0 Å². The van der Waals surface area contributed by atoms with E-state index in [1.54, 1.807) is 6.07 Å². The zero-order chi connectivity index (χ0) is 17.8. The second-order valence-corrected chi connectivity index (χ2v) is 7.14. The molecule has 0 radical (unpaired) electrons. The lowest BCUT2D eigenvalue weighted by molar-refractivity contribution is -0.140. The summed E-state index contributed by atoms with van der Waals surface area (Å²) in [4.78, 5) is 28.0. The molecule has 2 N–H and O–H groups in total. The highest BCUT2D eigenvalue weighted by atomic mass is 19.1. The van der Waals surface area contributed by atoms with Gasteiger partial charge in [0.2, 0.25) is 11.8 Å². The maximum Gasteiger partial charge on any atom is 0.225 e. The lowest BCUT2D eigenvalue weighted by atomic mass is 9.91. The Hall–Kier alpha value is -1.95. The van der Waals surface area contributed by atoms with Crippen LogP contribution in [-0.2, 0) is 16.1 Å². The van der Waals surface area contributed by atoms with Crippen LogP contribution < -0.4 is 5.73 Å². The summed E-state index contributed by atoms with van der Waals surface area (Å²) < 4.78 is 13.8. The number of carbonyl (C=O) groups is 2. The van der Waals surface area contributed by atoms with Gasteiger partial charge in [-0.15, -0.1) is 0 Å². The molecule has 1 aromatic rings. The van der Waals surface area contributed by atoms with Crippen molar-refractivity contribution in [3.05, 3.63) is 35.6 Å². The fourth-order valence-corrected chi connectivity index (χ4v) is 3.85. The molecule has 0 aliphatic carbocycles. The number of likely N-dealkylation sites (tertiary alicyclic amines) is 2. The molecule has 0 spiro atoms. The summed E-state index contributed by atoms with van der Waals surface area (Å²) in [7, 11) is 0. The molecule has 0 bridgehead atoms. The first-order chi connectivity index (χ1) is 12.0. The lowest BCUT2D eigenvalue weighted by Crippen LogP contribution is -2.46. The fourth-order valence-electron chi connectivity index (χ4n) is 3.85. The predicted molar refractivity (Wildman–Crippen MR) is 92.9 cm³/mol. The molecule has 2 fully saturated rings. The van der Waals surface area contributed by atoms with Gasteiger partial charge in [-0.2, -0.15) is 0 Å². The molecule has 2 aliphatic heterocycles. The molecule has 6 heteroatoms. The normalized spacial score (nSPS) is 20.6. The van der Waals surface area contributed by atoms with Crippen LogP contribution in [-0.4, -0.2) is 47.8 Å². The van der Waals surface area contributed by atoms with Gasteiger partial charge in [0.25, 0.3) is 0 Å². The highest BCUT2D eigenvalue weighted by molar-refractivity contribution is 5.80. The van der Waals surface area contributed by atoms with E-state index < -0.39 is 0 Å². The third kappa shape index (κ3) is 4.37. The summed E-state index contributed by atoms with van der Waals surface area (Å²) in [5, 5.41) is 0. The van der Waals surface area contributed by atoms with Crippen LogP contribution in [0.15, 0.2) is 24.3 Å². The number of piperidine rings is 2. The Morgan fingerprint density at radius 1 is 1.00 bits per heavy atom. The summed E-state index contributed by atoms with van der Waals surface area (Å²) >= 11 is 0. The van der Waals surface area contributed by atoms with E-state index in [-0.39, 0.29) is 29.5 Å². The summed E-state index contributed by atoms with van der Waals surface area (Å²) in [6.45, 7) is 3.46. The molecular weight excluding hydrogens is 321 g/mol. The standard InChI is InChI=1S/C19H26FN3O2/c20-17-4-2-1-3-16(17)13-22-9-5-15(6-10-22)19(25)23-11-7-14(8-12-23)18(21)24/h1-4,14-15H,5-13H2,(H2,21,24). The molecule has 0 atom stereocenters. The molecule has 2 heterocycles. The molecule has 0 saturated carbocycles. The number of hydrogen-bond donors (Lipinski definition) is 1. The van der Waals surface area contributed by atoms with Crippen LogP contribution in [0.2, 0.25) is 0 Å². The van der Waals surface area contributed by atoms with Gasteiger partial charge in [-0.05, 0) is 44.8 Å². The molecule has 2 aliphatic rings. The summed E-state index contributed by atoms with van der Waals surface area (Å²) in [5.74, 6) is -0.270. The number of rotatable bonds is 4. The van der Waals surface area contributed by atoms with Crippen molar-refractivity contribution in [2.45, 2.75) is 32.2 Å². The SMILES string of the molecule is NC(=O)C1CCN(C(=O)C2CCN(Cc3ccccc3F)CC2)CC1. The number of benzene rings is 1. The first-order valence-electron chi connectivity index (χ1n) is 9.08. The Bertz CT molecular complexity index is 621. The largest absolute Gasteiger partial charge is 0.369 e. The van der Waals surface area contributed by atoms with E-state index in [4.69, 9.17) is 5.73 Å². The number of halogens is 1. The number of amides is 2. The molecule has 136 valence electrons. The molecule has 2 saturated heterocycles. The Morgan fingerprint density at radius 2 is 1.60 bits per heavy atom. The van der Waals surface area contributed by atoms with Gasteiger partial charge in [0.15, 0.2) is 0 Å². The van der Waals surface area contributed by atoms with Gasteiger partial charge in [0, 0.05) is 37.0 Å². The van der Waals surface area contributed by atoms with Gasteiger partial charge >= 0.3 is 0 Å². The van der Waals surface area contributed by atoms with E-state index in [1.807, 2.05) is 17.0 Å². The highest BCUT2D eigenvalue weighted by Gasteiger charge is 2.32. The molecule has 2 amide bonds. The van der Waals surface area contributed by atoms with Crippen molar-refractivity contribution >= 4 is 11.8 Å². The van der Waals surface area contributed by atoms with Crippen molar-refractivity contribution < 1.29 is 14.0 Å². The van der Waals surface area contributed by atoms with E-state index in [9.17, 15) is 14.0 Å². The Morgan fingerprint density at radius 3 is 2.20 bits per heavy atom. The maximum absolute atomic E-state index is 13.8. The number of carbonyl (C=O) groups excluding carboxylic acids is 2. The summed E-state index contributed by atoms with van der Waals surface area (Å²) in [5.41, 5.74) is 6.06. The third-order valence-corrected chi connectivity index (χ3v) is 5.50. The zero-order valence-electron chi connectivity index (χ0n) is 14.5. The van der Waals surface area contributed by atoms with Crippen molar-refractivity contribution in [3.8, 4) is 0 Å². The number of primary amides is 1. The molecule has 25 heavy (non-hydrogen) atoms. The van der Waals surface area contributed by atoms with Crippen molar-refractivity contribution in [1.29, 1.82) is 0 Å². The van der Waals surface area contributed by atoms with Crippen LogP contribution in [0.4, 0.5) is 4.39 Å². The fraction of sp³-hybridized carbons (Fsp3) is 0.579. The van der Waals surface area contributed by atoms with Crippen molar-refractivity contribution in [2.75, 3.05) is 26.2 Å². The zero-order valence-corrected chi connectivity index (χ0v) is 14.5. The van der Waals surface area contributed by atoms with Gasteiger partial charge < -0.3 is 10.6 Å². The molecule has 1 aromatic carbocycles. The van der Waals surface area contributed by atoms with Crippen LogP contribution in [0.25, 0.3) is 0 Å². The smallest absolute Gasteiger partial charge is 0.225 e. The number of nitrogens with zero attached hydrogens (tertiary/aromatic N) is 2. The maximum atomic E-state index is 13.8. The van der Waals surface area contributed by atoms with E-state index >= 15 is 0 Å². The van der Waals surface area contributed by atoms with E-state index in [0.717, 1.165) is 25.9 Å². The first-order valence-corrected chi connectivity index (χ1v) is 9.08. The van der Waals surface area contributed by atoms with Gasteiger partial charge in [0.05, 0.1) is 0 Å². The monoisotopic (exact) mass is 347 g/mol. The van der Waals surface area contributed by atoms with Crippen LogP contribution in [0, 0.1) is 17.7 Å². The van der Waals surface area contributed by atoms with E-state index in [1.165, 1.54) is 6.07 Å². The van der Waals surface area contributed by atoms with Crippen molar-refractivity contribution in [1.82, 2.24) is 9.80 Å². The minimum atomic E-state index is -0.256. The van der Waals surface area contributed by atoms with Gasteiger partial charge in [-0.3, -0.25) is 14.5 Å². The quantitative estimate of drug-likeness (QED) is 0.902. The third-order valence-electron chi connectivity index (χ3n) is 5.50. The van der Waals surface area contributed by atoms with E-state index in [2.05, 4.69) is 4.90 Å². The minimum Gasteiger partial charge on any atom is -0.369 e. The Balaban J connectivity index is 1.47. The topological polar surface area (TPSA) is 66.6 Å². The van der Waals surface area contributed by atoms with Crippen LogP contribution in [0.1, 0.15) is 31.2 Å². The molecule has 3 rings (SSSR count). The van der Waals surface area contributed by atoms with Gasteiger partial charge in [0.1, 0.15) is 5.82 Å². The second kappa shape index (κ2) is 7.95. The highest BCUT2D eigenvalue weighted by Crippen LogP contribution is 2.24. The number of hydrogen-bond acceptors (Lipinski definition) is 3. The average molecular weight is 347 g/mol. The van der Waals surface area contributed by atoms with Gasteiger partial charge in [-0.1, -0.05) is 18.2 Å². The first kappa shape index (κ1) is 17.9. The molecule has 0 aromatic heterocycles. The minimum absolute atomic E-state index is 0.0435. The molecular formula is C19H26FN3O2. The second-order valence-electron chi connectivity index (χ2n) is 7.14.